The number of hydrogen-bond acceptors (Lipinski definition) is 7. The summed E-state index contributed by atoms with van der Waals surface area (Å²) in [6.07, 6.45) is -3.65. The predicted octanol–water partition coefficient (Wildman–Crippen LogP) is 0.968. The molecule has 146 valence electrons. The second kappa shape index (κ2) is 7.04. The lowest BCUT2D eigenvalue weighted by Gasteiger charge is -2.29. The minimum atomic E-state index is -5.03. The van der Waals surface area contributed by atoms with Crippen molar-refractivity contribution in [3.63, 3.8) is 0 Å². The molecule has 6 N–H and O–H groups in total. The number of aromatic nitrogens is 2. The smallest absolute Gasteiger partial charge is 0.393 e. The summed E-state index contributed by atoms with van der Waals surface area (Å²) in [5, 5.41) is 19.2. The molecule has 7 nitrogen and oxygen atoms in total. The SMILES string of the molecule is Cc1ccc(C(O)(CO)C(F)(F)F)cc1-c1cnc(N)c(C2CNNC2)n1. The molecule has 0 radical (unpaired) electrons. The summed E-state index contributed by atoms with van der Waals surface area (Å²) in [5.74, 6) is 0.232. The van der Waals surface area contributed by atoms with Crippen LogP contribution in [0.5, 0.6) is 0 Å². The van der Waals surface area contributed by atoms with Crippen LogP contribution in [0, 0.1) is 6.92 Å². The lowest BCUT2D eigenvalue weighted by molar-refractivity contribution is -0.277. The zero-order valence-corrected chi connectivity index (χ0v) is 14.5. The van der Waals surface area contributed by atoms with E-state index >= 15 is 0 Å². The Morgan fingerprint density at radius 1 is 1.26 bits per heavy atom. The van der Waals surface area contributed by atoms with Crippen LogP contribution in [0.25, 0.3) is 11.3 Å². The van der Waals surface area contributed by atoms with Crippen molar-refractivity contribution in [2.75, 3.05) is 25.4 Å². The van der Waals surface area contributed by atoms with Gasteiger partial charge in [-0.25, -0.2) is 9.97 Å². The van der Waals surface area contributed by atoms with Gasteiger partial charge in [0.15, 0.2) is 0 Å². The molecule has 2 aromatic rings. The van der Waals surface area contributed by atoms with E-state index in [4.69, 9.17) is 5.73 Å². The minimum absolute atomic E-state index is 0.0227. The van der Waals surface area contributed by atoms with Crippen molar-refractivity contribution in [3.8, 4) is 11.3 Å². The van der Waals surface area contributed by atoms with Gasteiger partial charge in [-0.15, -0.1) is 0 Å². The number of hydrazine groups is 1. The van der Waals surface area contributed by atoms with Crippen molar-refractivity contribution in [3.05, 3.63) is 41.2 Å². The molecule has 0 amide bonds. The molecule has 1 fully saturated rings. The molecule has 1 aliphatic rings. The number of nitrogens with one attached hydrogen (secondary N) is 2. The quantitative estimate of drug-likeness (QED) is 0.534. The normalized spacial score (nSPS) is 17.9. The Morgan fingerprint density at radius 3 is 2.52 bits per heavy atom. The number of halogens is 3. The van der Waals surface area contributed by atoms with E-state index in [0.717, 1.165) is 6.07 Å². The zero-order chi connectivity index (χ0) is 19.8. The van der Waals surface area contributed by atoms with Crippen molar-refractivity contribution in [2.45, 2.75) is 24.6 Å². The Bertz CT molecular complexity index is 840. The molecule has 0 aliphatic carbocycles. The van der Waals surface area contributed by atoms with E-state index in [1.807, 2.05) is 0 Å². The van der Waals surface area contributed by atoms with Crippen molar-refractivity contribution in [1.29, 1.82) is 0 Å². The third-order valence-electron chi connectivity index (χ3n) is 4.73. The molecular weight excluding hydrogens is 363 g/mol. The van der Waals surface area contributed by atoms with Crippen LogP contribution in [-0.4, -0.2) is 46.1 Å². The fraction of sp³-hybridized carbons (Fsp3) is 0.412. The minimum Gasteiger partial charge on any atom is -0.393 e. The third-order valence-corrected chi connectivity index (χ3v) is 4.73. The van der Waals surface area contributed by atoms with Gasteiger partial charge in [0, 0.05) is 24.6 Å². The van der Waals surface area contributed by atoms with Crippen LogP contribution in [0.15, 0.2) is 24.4 Å². The van der Waals surface area contributed by atoms with Gasteiger partial charge < -0.3 is 15.9 Å². The third kappa shape index (κ3) is 3.48. The van der Waals surface area contributed by atoms with Crippen LogP contribution in [0.1, 0.15) is 22.7 Å². The second-order valence-electron chi connectivity index (χ2n) is 6.53. The van der Waals surface area contributed by atoms with Gasteiger partial charge in [0.1, 0.15) is 5.82 Å². The van der Waals surface area contributed by atoms with Gasteiger partial charge in [0.2, 0.25) is 5.60 Å². The fourth-order valence-corrected chi connectivity index (χ4v) is 3.00. The lowest BCUT2D eigenvalue weighted by Crippen LogP contribution is -2.45. The molecule has 1 unspecified atom stereocenters. The molecule has 1 aromatic carbocycles. The van der Waals surface area contributed by atoms with E-state index < -0.39 is 23.9 Å². The molecule has 1 aromatic heterocycles. The summed E-state index contributed by atoms with van der Waals surface area (Å²) in [6, 6.07) is 3.75. The molecule has 0 spiro atoms. The van der Waals surface area contributed by atoms with E-state index in [1.54, 1.807) is 6.92 Å². The molecule has 1 aliphatic heterocycles. The highest BCUT2D eigenvalue weighted by Crippen LogP contribution is 2.40. The first kappa shape index (κ1) is 19.5. The topological polar surface area (TPSA) is 116 Å². The van der Waals surface area contributed by atoms with Gasteiger partial charge in [-0.3, -0.25) is 10.9 Å². The molecular formula is C17H20F3N5O2. The maximum atomic E-state index is 13.3. The molecule has 3 rings (SSSR count). The number of nitrogens with two attached hydrogens (primary N) is 1. The molecule has 0 saturated carbocycles. The van der Waals surface area contributed by atoms with Crippen LogP contribution < -0.4 is 16.6 Å². The average Bonchev–Trinajstić information content (AvgIpc) is 3.15. The van der Waals surface area contributed by atoms with Crippen molar-refractivity contribution < 1.29 is 23.4 Å². The number of anilines is 1. The molecule has 27 heavy (non-hydrogen) atoms. The first-order valence-corrected chi connectivity index (χ1v) is 8.27. The van der Waals surface area contributed by atoms with Crippen LogP contribution >= 0.6 is 0 Å². The first-order valence-electron chi connectivity index (χ1n) is 8.27. The summed E-state index contributed by atoms with van der Waals surface area (Å²) in [4.78, 5) is 8.63. The number of nitrogen functional groups attached to an aromatic ring is 1. The number of aryl methyl sites for hydroxylation is 1. The number of alkyl halides is 3. The standard InChI is InChI=1S/C17H20F3N5O2/c1-9-2-3-11(16(27,8-26)17(18,19)20)4-12(9)13-7-22-15(21)14(25-13)10-5-23-24-6-10/h2-4,7,10,23-24,26-27H,5-6,8H2,1H3,(H2,21,22). The van der Waals surface area contributed by atoms with E-state index in [-0.39, 0.29) is 11.7 Å². The van der Waals surface area contributed by atoms with Gasteiger partial charge >= 0.3 is 6.18 Å². The highest BCUT2D eigenvalue weighted by Gasteiger charge is 2.54. The molecule has 0 bridgehead atoms. The van der Waals surface area contributed by atoms with Gasteiger partial charge in [0.05, 0.1) is 24.2 Å². The number of nitrogens with zero attached hydrogens (tertiary/aromatic N) is 2. The van der Waals surface area contributed by atoms with Gasteiger partial charge in [-0.05, 0) is 24.1 Å². The Labute approximate surface area is 153 Å². The van der Waals surface area contributed by atoms with Crippen LogP contribution in [0.3, 0.4) is 0 Å². The number of aliphatic hydroxyl groups is 2. The van der Waals surface area contributed by atoms with E-state index in [0.29, 0.717) is 35.6 Å². The fourth-order valence-electron chi connectivity index (χ4n) is 3.00. The van der Waals surface area contributed by atoms with Crippen molar-refractivity contribution in [1.82, 2.24) is 20.8 Å². The average molecular weight is 383 g/mol. The number of hydrogen-bond donors (Lipinski definition) is 5. The number of benzene rings is 1. The van der Waals surface area contributed by atoms with E-state index in [2.05, 4.69) is 20.8 Å². The Kier molecular flexibility index (Phi) is 5.08. The first-order chi connectivity index (χ1) is 12.7. The van der Waals surface area contributed by atoms with Crippen molar-refractivity contribution in [2.24, 2.45) is 0 Å². The van der Waals surface area contributed by atoms with Gasteiger partial charge in [-0.1, -0.05) is 12.1 Å². The van der Waals surface area contributed by atoms with E-state index in [1.165, 1.54) is 18.3 Å². The van der Waals surface area contributed by atoms with Crippen LogP contribution in [0.4, 0.5) is 19.0 Å². The second-order valence-corrected chi connectivity index (χ2v) is 6.53. The molecule has 2 heterocycles. The number of aliphatic hydroxyl groups excluding tert-OH is 1. The highest BCUT2D eigenvalue weighted by atomic mass is 19.4. The largest absolute Gasteiger partial charge is 0.423 e. The van der Waals surface area contributed by atoms with E-state index in [9.17, 15) is 23.4 Å². The summed E-state index contributed by atoms with van der Waals surface area (Å²) in [5.41, 5.74) is 9.91. The Balaban J connectivity index is 2.09. The van der Waals surface area contributed by atoms with Gasteiger partial charge in [-0.2, -0.15) is 13.2 Å². The maximum Gasteiger partial charge on any atom is 0.423 e. The van der Waals surface area contributed by atoms with Gasteiger partial charge in [0.25, 0.3) is 0 Å². The number of rotatable bonds is 4. The summed E-state index contributed by atoms with van der Waals surface area (Å²) in [6.45, 7) is 1.41. The summed E-state index contributed by atoms with van der Waals surface area (Å²) < 4.78 is 39.8. The predicted molar refractivity (Wildman–Crippen MR) is 92.4 cm³/mol. The van der Waals surface area contributed by atoms with Crippen molar-refractivity contribution >= 4 is 5.82 Å². The summed E-state index contributed by atoms with van der Waals surface area (Å²) in [7, 11) is 0. The lowest BCUT2D eigenvalue weighted by atomic mass is 9.90. The monoisotopic (exact) mass is 383 g/mol. The zero-order valence-electron chi connectivity index (χ0n) is 14.5. The summed E-state index contributed by atoms with van der Waals surface area (Å²) >= 11 is 0. The molecule has 1 atom stereocenters. The highest BCUT2D eigenvalue weighted by molar-refractivity contribution is 5.65. The molecule has 10 heteroatoms. The Hall–Kier alpha value is -2.27. The maximum absolute atomic E-state index is 13.3. The van der Waals surface area contributed by atoms with Crippen LogP contribution in [-0.2, 0) is 5.60 Å². The Morgan fingerprint density at radius 2 is 1.93 bits per heavy atom. The van der Waals surface area contributed by atoms with Crippen LogP contribution in [0.2, 0.25) is 0 Å². The molecule has 1 saturated heterocycles.